The van der Waals surface area contributed by atoms with Crippen LogP contribution in [0.2, 0.25) is 0 Å². The minimum Gasteiger partial charge on any atom is -0.326 e. The number of aldehydes is 1. The van der Waals surface area contributed by atoms with E-state index in [1.165, 1.54) is 4.90 Å². The van der Waals surface area contributed by atoms with E-state index in [1.54, 1.807) is 18.2 Å². The molecular formula is C18H19N3O5. The van der Waals surface area contributed by atoms with E-state index in [2.05, 4.69) is 10.6 Å². The van der Waals surface area contributed by atoms with Crippen molar-refractivity contribution in [2.75, 3.05) is 5.32 Å². The van der Waals surface area contributed by atoms with Crippen molar-refractivity contribution in [1.29, 1.82) is 0 Å². The normalized spacial score (nSPS) is 19.2. The Hall–Kier alpha value is -3.03. The molecule has 8 heteroatoms. The van der Waals surface area contributed by atoms with Crippen LogP contribution < -0.4 is 10.6 Å². The molecule has 1 atom stereocenters. The van der Waals surface area contributed by atoms with Gasteiger partial charge in [-0.1, -0.05) is 6.07 Å². The van der Waals surface area contributed by atoms with Crippen LogP contribution in [-0.4, -0.2) is 40.9 Å². The van der Waals surface area contributed by atoms with Crippen LogP contribution in [0.3, 0.4) is 0 Å². The van der Waals surface area contributed by atoms with Crippen LogP contribution >= 0.6 is 0 Å². The second-order valence-corrected chi connectivity index (χ2v) is 6.34. The van der Waals surface area contributed by atoms with E-state index < -0.39 is 11.9 Å². The third-order valence-corrected chi connectivity index (χ3v) is 4.58. The average molecular weight is 357 g/mol. The lowest BCUT2D eigenvalue weighted by molar-refractivity contribution is -0.137. The van der Waals surface area contributed by atoms with Gasteiger partial charge in [0.2, 0.25) is 17.7 Å². The molecule has 2 N–H and O–H groups in total. The summed E-state index contributed by atoms with van der Waals surface area (Å²) in [6, 6.07) is 4.35. The number of fused-ring (bicyclic) bond motifs is 1. The van der Waals surface area contributed by atoms with Crippen molar-refractivity contribution in [2.45, 2.75) is 44.7 Å². The summed E-state index contributed by atoms with van der Waals surface area (Å²) in [5.41, 5.74) is 1.63. The van der Waals surface area contributed by atoms with Crippen molar-refractivity contribution in [1.82, 2.24) is 10.2 Å². The number of piperidine rings is 1. The Bertz CT molecular complexity index is 789. The molecule has 1 unspecified atom stereocenters. The molecule has 8 nitrogen and oxygen atoms in total. The zero-order chi connectivity index (χ0) is 18.7. The van der Waals surface area contributed by atoms with Gasteiger partial charge in [0.15, 0.2) is 0 Å². The molecule has 1 saturated heterocycles. The van der Waals surface area contributed by atoms with Crippen molar-refractivity contribution < 1.29 is 24.0 Å². The number of rotatable bonds is 6. The molecular weight excluding hydrogens is 338 g/mol. The molecule has 1 aromatic carbocycles. The van der Waals surface area contributed by atoms with Gasteiger partial charge in [0.05, 0.1) is 0 Å². The Morgan fingerprint density at radius 3 is 2.85 bits per heavy atom. The first-order valence-electron chi connectivity index (χ1n) is 8.51. The first-order valence-corrected chi connectivity index (χ1v) is 8.51. The third kappa shape index (κ3) is 3.49. The Balaban J connectivity index is 1.75. The zero-order valence-corrected chi connectivity index (χ0v) is 14.1. The highest BCUT2D eigenvalue weighted by molar-refractivity contribution is 6.06. The van der Waals surface area contributed by atoms with Gasteiger partial charge in [0.1, 0.15) is 12.3 Å². The van der Waals surface area contributed by atoms with Crippen LogP contribution in [0.5, 0.6) is 0 Å². The van der Waals surface area contributed by atoms with Crippen LogP contribution in [0.4, 0.5) is 5.69 Å². The largest absolute Gasteiger partial charge is 0.326 e. The van der Waals surface area contributed by atoms with Crippen LogP contribution in [-0.2, 0) is 25.7 Å². The van der Waals surface area contributed by atoms with Crippen molar-refractivity contribution in [2.24, 2.45) is 0 Å². The summed E-state index contributed by atoms with van der Waals surface area (Å²) in [4.78, 5) is 59.9. The quantitative estimate of drug-likeness (QED) is 0.443. The first-order chi connectivity index (χ1) is 12.5. The van der Waals surface area contributed by atoms with E-state index in [0.29, 0.717) is 29.7 Å². The Morgan fingerprint density at radius 1 is 1.31 bits per heavy atom. The average Bonchev–Trinajstić information content (AvgIpc) is 2.93. The fourth-order valence-electron chi connectivity index (χ4n) is 3.26. The minimum absolute atomic E-state index is 0.191. The fraction of sp³-hybridized carbons (Fsp3) is 0.389. The van der Waals surface area contributed by atoms with Gasteiger partial charge in [-0.3, -0.25) is 24.5 Å². The summed E-state index contributed by atoms with van der Waals surface area (Å²) in [6.45, 7) is 0.200. The highest BCUT2D eigenvalue weighted by Gasteiger charge is 2.39. The van der Waals surface area contributed by atoms with Gasteiger partial charge in [-0.15, -0.1) is 0 Å². The van der Waals surface area contributed by atoms with Crippen LogP contribution in [0.15, 0.2) is 18.2 Å². The molecule has 0 aliphatic carbocycles. The molecule has 2 aliphatic heterocycles. The summed E-state index contributed by atoms with van der Waals surface area (Å²) >= 11 is 0. The Labute approximate surface area is 149 Å². The number of nitrogens with zero attached hydrogens (tertiary/aromatic N) is 1. The summed E-state index contributed by atoms with van der Waals surface area (Å²) in [5.74, 6) is -1.32. The van der Waals surface area contributed by atoms with Gasteiger partial charge < -0.3 is 15.0 Å². The number of carbonyl (C=O) groups is 5. The summed E-state index contributed by atoms with van der Waals surface area (Å²) in [5, 5.41) is 5.03. The van der Waals surface area contributed by atoms with Gasteiger partial charge >= 0.3 is 0 Å². The minimum atomic E-state index is -0.691. The second kappa shape index (κ2) is 7.47. The molecule has 26 heavy (non-hydrogen) atoms. The summed E-state index contributed by atoms with van der Waals surface area (Å²) in [7, 11) is 0. The standard InChI is InChI=1S/C18H19N3O5/c22-9-2-1-6-15(23)19-13-5-3-4-11-12(13)10-21(18(11)26)14-7-8-16(24)20-17(14)25/h3-5,9,14H,1-2,6-8,10H2,(H,19,23)(H,20,24,25). The lowest BCUT2D eigenvalue weighted by Crippen LogP contribution is -2.52. The number of benzene rings is 1. The van der Waals surface area contributed by atoms with Crippen molar-refractivity contribution in [3.63, 3.8) is 0 Å². The predicted octanol–water partition coefficient (Wildman–Crippen LogP) is 0.755. The SMILES string of the molecule is O=CCCCC(=O)Nc1cccc2c1CN(C1CCC(=O)NC1=O)C2=O. The van der Waals surface area contributed by atoms with E-state index in [0.717, 1.165) is 6.29 Å². The van der Waals surface area contributed by atoms with Crippen LogP contribution in [0, 0.1) is 0 Å². The van der Waals surface area contributed by atoms with Crippen LogP contribution in [0.25, 0.3) is 0 Å². The fourth-order valence-corrected chi connectivity index (χ4v) is 3.26. The van der Waals surface area contributed by atoms with Crippen LogP contribution in [0.1, 0.15) is 48.0 Å². The van der Waals surface area contributed by atoms with E-state index in [1.807, 2.05) is 0 Å². The van der Waals surface area contributed by atoms with Crippen molar-refractivity contribution in [3.8, 4) is 0 Å². The number of imide groups is 1. The first kappa shape index (κ1) is 17.8. The zero-order valence-electron chi connectivity index (χ0n) is 14.1. The maximum absolute atomic E-state index is 12.7. The van der Waals surface area contributed by atoms with E-state index in [4.69, 9.17) is 0 Å². The number of hydrogen-bond donors (Lipinski definition) is 2. The van der Waals surface area contributed by atoms with Gasteiger partial charge in [-0.05, 0) is 25.0 Å². The maximum atomic E-state index is 12.7. The number of anilines is 1. The predicted molar refractivity (Wildman–Crippen MR) is 91.0 cm³/mol. The van der Waals surface area contributed by atoms with Gasteiger partial charge in [0, 0.05) is 42.6 Å². The highest BCUT2D eigenvalue weighted by atomic mass is 16.2. The molecule has 1 aromatic rings. The van der Waals surface area contributed by atoms with E-state index in [9.17, 15) is 24.0 Å². The molecule has 0 spiro atoms. The maximum Gasteiger partial charge on any atom is 0.255 e. The van der Waals surface area contributed by atoms with E-state index in [-0.39, 0.29) is 43.5 Å². The molecule has 3 rings (SSSR count). The molecule has 2 aliphatic rings. The van der Waals surface area contributed by atoms with Gasteiger partial charge in [-0.25, -0.2) is 0 Å². The number of hydrogen-bond acceptors (Lipinski definition) is 5. The molecule has 1 fully saturated rings. The Morgan fingerprint density at radius 2 is 2.12 bits per heavy atom. The number of nitrogens with one attached hydrogen (secondary N) is 2. The number of amides is 4. The molecule has 0 radical (unpaired) electrons. The molecule has 0 saturated carbocycles. The summed E-state index contributed by atoms with van der Waals surface area (Å²) < 4.78 is 0. The molecule has 4 amide bonds. The van der Waals surface area contributed by atoms with Gasteiger partial charge in [-0.2, -0.15) is 0 Å². The molecule has 0 aromatic heterocycles. The smallest absolute Gasteiger partial charge is 0.255 e. The number of carbonyl (C=O) groups excluding carboxylic acids is 5. The van der Waals surface area contributed by atoms with E-state index >= 15 is 0 Å². The lowest BCUT2D eigenvalue weighted by atomic mass is 10.0. The second-order valence-electron chi connectivity index (χ2n) is 6.34. The topological polar surface area (TPSA) is 113 Å². The van der Waals surface area contributed by atoms with Crippen molar-refractivity contribution in [3.05, 3.63) is 29.3 Å². The monoisotopic (exact) mass is 357 g/mol. The summed E-state index contributed by atoms with van der Waals surface area (Å²) in [6.07, 6.45) is 2.25. The Kier molecular flexibility index (Phi) is 5.11. The molecule has 0 bridgehead atoms. The number of unbranched alkanes of at least 4 members (excludes halogenated alkanes) is 1. The highest BCUT2D eigenvalue weighted by Crippen LogP contribution is 2.32. The van der Waals surface area contributed by atoms with Crippen molar-refractivity contribution >= 4 is 35.6 Å². The lowest BCUT2D eigenvalue weighted by Gasteiger charge is -2.29. The molecule has 2 heterocycles. The van der Waals surface area contributed by atoms with Gasteiger partial charge in [0.25, 0.3) is 5.91 Å². The third-order valence-electron chi connectivity index (χ3n) is 4.58. The molecule has 136 valence electrons.